The standard InChI is InChI=1S/C5H10O.C4H10O2/c1-2-4-6-5-3-1;1-5-3-4-6-2/h1-5H2;3-4H2,1-2H3. The van der Waals surface area contributed by atoms with Crippen molar-refractivity contribution in [3.8, 4) is 0 Å². The van der Waals surface area contributed by atoms with Crippen LogP contribution in [0.15, 0.2) is 0 Å². The maximum Gasteiger partial charge on any atom is 0.0696 e. The molecule has 0 radical (unpaired) electrons. The normalized spacial score (nSPS) is 16.5. The molecule has 0 aromatic heterocycles. The van der Waals surface area contributed by atoms with Gasteiger partial charge >= 0.3 is 0 Å². The van der Waals surface area contributed by atoms with Gasteiger partial charge in [0.25, 0.3) is 0 Å². The Kier molecular flexibility index (Phi) is 10.8. The third-order valence-electron chi connectivity index (χ3n) is 1.57. The van der Waals surface area contributed by atoms with Gasteiger partial charge in [-0.3, -0.25) is 0 Å². The molecule has 0 spiro atoms. The summed E-state index contributed by atoms with van der Waals surface area (Å²) in [6.07, 6.45) is 3.93. The monoisotopic (exact) mass is 176 g/mol. The SMILES string of the molecule is C1CCOCC1.COCCOC. The summed E-state index contributed by atoms with van der Waals surface area (Å²) in [5.41, 5.74) is 0. The summed E-state index contributed by atoms with van der Waals surface area (Å²) in [5.74, 6) is 0. The Labute approximate surface area is 75.0 Å². The summed E-state index contributed by atoms with van der Waals surface area (Å²) in [6, 6.07) is 0. The first kappa shape index (κ1) is 11.9. The lowest BCUT2D eigenvalue weighted by Gasteiger charge is -2.08. The molecule has 0 amide bonds. The maximum atomic E-state index is 5.07. The molecule has 0 atom stereocenters. The molecule has 1 heterocycles. The van der Waals surface area contributed by atoms with Crippen molar-refractivity contribution in [1.29, 1.82) is 0 Å². The van der Waals surface area contributed by atoms with Crippen LogP contribution < -0.4 is 0 Å². The van der Waals surface area contributed by atoms with E-state index in [1.165, 1.54) is 19.3 Å². The lowest BCUT2D eigenvalue weighted by molar-refractivity contribution is 0.0968. The second kappa shape index (κ2) is 10.9. The molecule has 1 fully saturated rings. The first-order valence-corrected chi connectivity index (χ1v) is 4.47. The van der Waals surface area contributed by atoms with Gasteiger partial charge in [0.15, 0.2) is 0 Å². The Morgan fingerprint density at radius 3 is 1.58 bits per heavy atom. The zero-order valence-electron chi connectivity index (χ0n) is 8.17. The third kappa shape index (κ3) is 9.88. The molecule has 3 nitrogen and oxygen atoms in total. The summed E-state index contributed by atoms with van der Waals surface area (Å²) in [6.45, 7) is 3.38. The van der Waals surface area contributed by atoms with Gasteiger partial charge in [-0.25, -0.2) is 0 Å². The number of rotatable bonds is 3. The van der Waals surface area contributed by atoms with Crippen LogP contribution in [0, 0.1) is 0 Å². The average molecular weight is 176 g/mol. The van der Waals surface area contributed by atoms with Crippen molar-refractivity contribution in [3.05, 3.63) is 0 Å². The highest BCUT2D eigenvalue weighted by atomic mass is 16.5. The van der Waals surface area contributed by atoms with Crippen LogP contribution in [0.2, 0.25) is 0 Å². The first-order chi connectivity index (χ1) is 5.91. The van der Waals surface area contributed by atoms with E-state index in [4.69, 9.17) is 4.74 Å². The number of ether oxygens (including phenoxy) is 3. The summed E-state index contributed by atoms with van der Waals surface area (Å²) in [5, 5.41) is 0. The summed E-state index contributed by atoms with van der Waals surface area (Å²) in [7, 11) is 3.30. The smallest absolute Gasteiger partial charge is 0.0696 e. The van der Waals surface area contributed by atoms with Crippen molar-refractivity contribution in [2.45, 2.75) is 19.3 Å². The van der Waals surface area contributed by atoms with Gasteiger partial charge in [-0.15, -0.1) is 0 Å². The average Bonchev–Trinajstić information content (AvgIpc) is 2.18. The van der Waals surface area contributed by atoms with Gasteiger partial charge in [0.05, 0.1) is 13.2 Å². The van der Waals surface area contributed by atoms with E-state index >= 15 is 0 Å². The van der Waals surface area contributed by atoms with Gasteiger partial charge in [-0.2, -0.15) is 0 Å². The second-order valence-electron chi connectivity index (χ2n) is 2.66. The van der Waals surface area contributed by atoms with Crippen LogP contribution in [0.25, 0.3) is 0 Å². The molecule has 0 aromatic carbocycles. The number of hydrogen-bond acceptors (Lipinski definition) is 3. The van der Waals surface area contributed by atoms with Crippen LogP contribution in [0.4, 0.5) is 0 Å². The fraction of sp³-hybridized carbons (Fsp3) is 1.00. The number of hydrogen-bond donors (Lipinski definition) is 0. The van der Waals surface area contributed by atoms with Gasteiger partial charge in [-0.05, 0) is 19.3 Å². The Balaban J connectivity index is 0.000000202. The van der Waals surface area contributed by atoms with Crippen LogP contribution >= 0.6 is 0 Å². The fourth-order valence-corrected chi connectivity index (χ4v) is 0.854. The fourth-order valence-electron chi connectivity index (χ4n) is 0.854. The third-order valence-corrected chi connectivity index (χ3v) is 1.57. The minimum Gasteiger partial charge on any atom is -0.382 e. The highest BCUT2D eigenvalue weighted by Crippen LogP contribution is 2.02. The van der Waals surface area contributed by atoms with Gasteiger partial charge < -0.3 is 14.2 Å². The molecule has 1 aliphatic rings. The highest BCUT2D eigenvalue weighted by molar-refractivity contribution is 4.45. The van der Waals surface area contributed by atoms with Gasteiger partial charge in [0.2, 0.25) is 0 Å². The van der Waals surface area contributed by atoms with E-state index in [9.17, 15) is 0 Å². The minimum atomic E-state index is 0.691. The van der Waals surface area contributed by atoms with Crippen LogP contribution in [-0.2, 0) is 14.2 Å². The minimum absolute atomic E-state index is 0.691. The highest BCUT2D eigenvalue weighted by Gasteiger charge is 1.94. The van der Waals surface area contributed by atoms with Gasteiger partial charge in [0, 0.05) is 27.4 Å². The predicted octanol–water partition coefficient (Wildman–Crippen LogP) is 1.47. The molecule has 12 heavy (non-hydrogen) atoms. The summed E-state index contributed by atoms with van der Waals surface area (Å²) >= 11 is 0. The predicted molar refractivity (Wildman–Crippen MR) is 48.4 cm³/mol. The van der Waals surface area contributed by atoms with E-state index in [-0.39, 0.29) is 0 Å². The van der Waals surface area contributed by atoms with Crippen molar-refractivity contribution >= 4 is 0 Å². The first-order valence-electron chi connectivity index (χ1n) is 4.47. The van der Waals surface area contributed by atoms with E-state index in [1.54, 1.807) is 14.2 Å². The van der Waals surface area contributed by atoms with Crippen molar-refractivity contribution < 1.29 is 14.2 Å². The quantitative estimate of drug-likeness (QED) is 0.609. The van der Waals surface area contributed by atoms with Crippen molar-refractivity contribution in [1.82, 2.24) is 0 Å². The molecular formula is C9H20O3. The van der Waals surface area contributed by atoms with Gasteiger partial charge in [-0.1, -0.05) is 0 Å². The summed E-state index contributed by atoms with van der Waals surface area (Å²) < 4.78 is 14.4. The molecule has 0 N–H and O–H groups in total. The maximum absolute atomic E-state index is 5.07. The Bertz CT molecular complexity index is 56.7. The lowest BCUT2D eigenvalue weighted by Crippen LogP contribution is -2.03. The van der Waals surface area contributed by atoms with Crippen molar-refractivity contribution in [2.24, 2.45) is 0 Å². The molecule has 1 rings (SSSR count). The molecule has 0 aliphatic carbocycles. The van der Waals surface area contributed by atoms with E-state index in [0.717, 1.165) is 13.2 Å². The molecular weight excluding hydrogens is 156 g/mol. The Hall–Kier alpha value is -0.120. The molecule has 74 valence electrons. The molecule has 1 saturated heterocycles. The van der Waals surface area contributed by atoms with Crippen LogP contribution in [0.1, 0.15) is 19.3 Å². The Morgan fingerprint density at radius 1 is 0.917 bits per heavy atom. The Morgan fingerprint density at radius 2 is 1.42 bits per heavy atom. The number of methoxy groups -OCH3 is 2. The van der Waals surface area contributed by atoms with Crippen molar-refractivity contribution in [2.75, 3.05) is 40.6 Å². The molecule has 0 aromatic rings. The topological polar surface area (TPSA) is 27.7 Å². The van der Waals surface area contributed by atoms with Crippen LogP contribution in [-0.4, -0.2) is 40.6 Å². The van der Waals surface area contributed by atoms with Crippen LogP contribution in [0.5, 0.6) is 0 Å². The zero-order chi connectivity index (χ0) is 9.07. The largest absolute Gasteiger partial charge is 0.382 e. The molecule has 0 saturated carbocycles. The second-order valence-corrected chi connectivity index (χ2v) is 2.66. The van der Waals surface area contributed by atoms with Crippen LogP contribution in [0.3, 0.4) is 0 Å². The molecule has 3 heteroatoms. The molecule has 0 unspecified atom stereocenters. The lowest BCUT2D eigenvalue weighted by atomic mass is 10.2. The van der Waals surface area contributed by atoms with E-state index in [0.29, 0.717) is 13.2 Å². The molecule has 0 bridgehead atoms. The van der Waals surface area contributed by atoms with E-state index in [2.05, 4.69) is 9.47 Å². The van der Waals surface area contributed by atoms with Gasteiger partial charge in [0.1, 0.15) is 0 Å². The van der Waals surface area contributed by atoms with E-state index in [1.807, 2.05) is 0 Å². The summed E-state index contributed by atoms with van der Waals surface area (Å²) in [4.78, 5) is 0. The molecule has 1 aliphatic heterocycles. The van der Waals surface area contributed by atoms with Crippen molar-refractivity contribution in [3.63, 3.8) is 0 Å². The zero-order valence-corrected chi connectivity index (χ0v) is 8.17. The van der Waals surface area contributed by atoms with E-state index < -0.39 is 0 Å².